The van der Waals surface area contributed by atoms with E-state index in [2.05, 4.69) is 0 Å². The Kier molecular flexibility index (Phi) is 5.14. The maximum absolute atomic E-state index is 12.2. The van der Waals surface area contributed by atoms with Crippen LogP contribution in [0.1, 0.15) is 35.2 Å². The van der Waals surface area contributed by atoms with Crippen LogP contribution in [0.4, 0.5) is 0 Å². The molecule has 0 bridgehead atoms. The van der Waals surface area contributed by atoms with Crippen LogP contribution in [0.3, 0.4) is 0 Å². The van der Waals surface area contributed by atoms with Gasteiger partial charge in [-0.1, -0.05) is 12.1 Å². The average Bonchev–Trinajstić information content (AvgIpc) is 2.58. The van der Waals surface area contributed by atoms with Crippen molar-refractivity contribution >= 4 is 18.0 Å². The van der Waals surface area contributed by atoms with Gasteiger partial charge in [0.15, 0.2) is 0 Å². The number of carbonyl (C=O) groups is 2. The highest BCUT2D eigenvalue weighted by atomic mass is 16.5. The van der Waals surface area contributed by atoms with E-state index in [1.165, 1.54) is 12.5 Å². The van der Waals surface area contributed by atoms with Gasteiger partial charge >= 0.3 is 11.9 Å². The standard InChI is InChI=1S/C20H18O5/c21-19(22)13-6-14-4-9-18(10-5-14)25-20(23)15-7-11-17(12-8-15)24-16-2-1-3-16/h4-13,16H,1-3H2,(H,21,22)/b13-6+. The molecule has 0 spiro atoms. The fourth-order valence-electron chi connectivity index (χ4n) is 2.33. The van der Waals surface area contributed by atoms with E-state index < -0.39 is 11.9 Å². The molecule has 5 nitrogen and oxygen atoms in total. The van der Waals surface area contributed by atoms with Crippen LogP contribution >= 0.6 is 0 Å². The van der Waals surface area contributed by atoms with Crippen LogP contribution in [-0.2, 0) is 4.79 Å². The highest BCUT2D eigenvalue weighted by Gasteiger charge is 2.19. The fraction of sp³-hybridized carbons (Fsp3) is 0.200. The normalized spacial score (nSPS) is 14.1. The van der Waals surface area contributed by atoms with Gasteiger partial charge in [0, 0.05) is 6.08 Å². The van der Waals surface area contributed by atoms with Crippen molar-refractivity contribution in [3.63, 3.8) is 0 Å². The maximum Gasteiger partial charge on any atom is 0.343 e. The summed E-state index contributed by atoms with van der Waals surface area (Å²) in [6, 6.07) is 13.5. The molecule has 0 radical (unpaired) electrons. The minimum Gasteiger partial charge on any atom is -0.490 e. The van der Waals surface area contributed by atoms with Gasteiger partial charge in [0.05, 0.1) is 11.7 Å². The van der Waals surface area contributed by atoms with E-state index >= 15 is 0 Å². The van der Waals surface area contributed by atoms with Crippen LogP contribution in [0, 0.1) is 0 Å². The van der Waals surface area contributed by atoms with Crippen molar-refractivity contribution in [2.24, 2.45) is 0 Å². The summed E-state index contributed by atoms with van der Waals surface area (Å²) in [5.41, 5.74) is 1.15. The van der Waals surface area contributed by atoms with Crippen molar-refractivity contribution in [1.82, 2.24) is 0 Å². The van der Waals surface area contributed by atoms with Crippen molar-refractivity contribution < 1.29 is 24.2 Å². The third-order valence-electron chi connectivity index (χ3n) is 3.95. The Morgan fingerprint density at radius 2 is 1.60 bits per heavy atom. The summed E-state index contributed by atoms with van der Waals surface area (Å²) >= 11 is 0. The average molecular weight is 338 g/mol. The van der Waals surface area contributed by atoms with Gasteiger partial charge in [0.2, 0.25) is 0 Å². The molecule has 1 saturated carbocycles. The molecule has 1 N–H and O–H groups in total. The minimum atomic E-state index is -1.01. The number of aliphatic carboxylic acids is 1. The van der Waals surface area contributed by atoms with E-state index in [-0.39, 0.29) is 0 Å². The van der Waals surface area contributed by atoms with E-state index in [4.69, 9.17) is 14.6 Å². The monoisotopic (exact) mass is 338 g/mol. The molecule has 0 aliphatic heterocycles. The number of hydrogen-bond acceptors (Lipinski definition) is 4. The molecule has 0 amide bonds. The number of esters is 1. The molecule has 0 aromatic heterocycles. The Morgan fingerprint density at radius 1 is 0.960 bits per heavy atom. The number of ether oxygens (including phenoxy) is 2. The first-order valence-corrected chi connectivity index (χ1v) is 8.10. The molecule has 1 aliphatic rings. The van der Waals surface area contributed by atoms with Gasteiger partial charge in [-0.3, -0.25) is 0 Å². The number of rotatable bonds is 6. The SMILES string of the molecule is O=C(O)/C=C/c1ccc(OC(=O)c2ccc(OC3CCC3)cc2)cc1. The van der Waals surface area contributed by atoms with E-state index in [0.29, 0.717) is 23.0 Å². The molecule has 2 aromatic rings. The molecule has 0 heterocycles. The summed E-state index contributed by atoms with van der Waals surface area (Å²) in [5.74, 6) is -0.313. The molecular formula is C20H18O5. The van der Waals surface area contributed by atoms with Gasteiger partial charge in [-0.15, -0.1) is 0 Å². The van der Waals surface area contributed by atoms with Gasteiger partial charge < -0.3 is 14.6 Å². The van der Waals surface area contributed by atoms with Crippen LogP contribution in [0.2, 0.25) is 0 Å². The van der Waals surface area contributed by atoms with E-state index in [1.807, 2.05) is 0 Å². The smallest absolute Gasteiger partial charge is 0.343 e. The van der Waals surface area contributed by atoms with Crippen LogP contribution in [0.15, 0.2) is 54.6 Å². The fourth-order valence-corrected chi connectivity index (χ4v) is 2.33. The van der Waals surface area contributed by atoms with E-state index in [0.717, 1.165) is 24.7 Å². The Labute approximate surface area is 145 Å². The van der Waals surface area contributed by atoms with E-state index in [1.54, 1.807) is 48.5 Å². The number of carboxylic acid groups (broad SMARTS) is 1. The van der Waals surface area contributed by atoms with E-state index in [9.17, 15) is 9.59 Å². The third kappa shape index (κ3) is 4.70. The molecule has 0 atom stereocenters. The van der Waals surface area contributed by atoms with Crippen LogP contribution in [-0.4, -0.2) is 23.1 Å². The predicted octanol–water partition coefficient (Wildman–Crippen LogP) is 3.93. The van der Waals surface area contributed by atoms with Crippen LogP contribution in [0.25, 0.3) is 6.08 Å². The highest BCUT2D eigenvalue weighted by Crippen LogP contribution is 2.25. The molecule has 0 saturated heterocycles. The summed E-state index contributed by atoms with van der Waals surface area (Å²) in [6.45, 7) is 0. The lowest BCUT2D eigenvalue weighted by Gasteiger charge is -2.26. The van der Waals surface area contributed by atoms with Crippen molar-refractivity contribution in [3.05, 3.63) is 65.7 Å². The predicted molar refractivity (Wildman–Crippen MR) is 92.8 cm³/mol. The quantitative estimate of drug-likeness (QED) is 0.491. The Balaban J connectivity index is 1.58. The molecule has 1 fully saturated rings. The van der Waals surface area contributed by atoms with Crippen LogP contribution in [0.5, 0.6) is 11.5 Å². The van der Waals surface area contributed by atoms with Crippen molar-refractivity contribution in [1.29, 1.82) is 0 Å². The van der Waals surface area contributed by atoms with Gasteiger partial charge in [0.25, 0.3) is 0 Å². The lowest BCUT2D eigenvalue weighted by atomic mass is 9.96. The molecule has 0 unspecified atom stereocenters. The van der Waals surface area contributed by atoms with Crippen molar-refractivity contribution in [2.75, 3.05) is 0 Å². The first-order chi connectivity index (χ1) is 12.1. The topological polar surface area (TPSA) is 72.8 Å². The second-order valence-corrected chi connectivity index (χ2v) is 5.83. The summed E-state index contributed by atoms with van der Waals surface area (Å²) in [6.07, 6.45) is 6.19. The maximum atomic E-state index is 12.2. The summed E-state index contributed by atoms with van der Waals surface area (Å²) in [4.78, 5) is 22.6. The first kappa shape index (κ1) is 16.8. The lowest BCUT2D eigenvalue weighted by Crippen LogP contribution is -2.24. The lowest BCUT2D eigenvalue weighted by molar-refractivity contribution is -0.131. The first-order valence-electron chi connectivity index (χ1n) is 8.10. The number of benzene rings is 2. The molecule has 1 aliphatic carbocycles. The highest BCUT2D eigenvalue weighted by molar-refractivity contribution is 5.91. The van der Waals surface area contributed by atoms with Gasteiger partial charge in [-0.25, -0.2) is 9.59 Å². The molecule has 128 valence electrons. The Morgan fingerprint density at radius 3 is 2.16 bits per heavy atom. The van der Waals surface area contributed by atoms with Gasteiger partial charge in [0.1, 0.15) is 11.5 Å². The number of hydrogen-bond donors (Lipinski definition) is 1. The van der Waals surface area contributed by atoms with Gasteiger partial charge in [-0.2, -0.15) is 0 Å². The zero-order chi connectivity index (χ0) is 17.6. The van der Waals surface area contributed by atoms with Gasteiger partial charge in [-0.05, 0) is 67.3 Å². The molecule has 3 rings (SSSR count). The Bertz CT molecular complexity index is 771. The largest absolute Gasteiger partial charge is 0.490 e. The zero-order valence-electron chi connectivity index (χ0n) is 13.6. The molecule has 5 heteroatoms. The summed E-state index contributed by atoms with van der Waals surface area (Å²) in [7, 11) is 0. The second-order valence-electron chi connectivity index (χ2n) is 5.83. The summed E-state index contributed by atoms with van der Waals surface area (Å²) < 4.78 is 11.1. The third-order valence-corrected chi connectivity index (χ3v) is 3.95. The molecule has 2 aromatic carbocycles. The second kappa shape index (κ2) is 7.66. The minimum absolute atomic E-state index is 0.298. The van der Waals surface area contributed by atoms with Crippen molar-refractivity contribution in [3.8, 4) is 11.5 Å². The summed E-state index contributed by atoms with van der Waals surface area (Å²) in [5, 5.41) is 8.59. The Hall–Kier alpha value is -3.08. The van der Waals surface area contributed by atoms with Crippen LogP contribution < -0.4 is 9.47 Å². The number of carbonyl (C=O) groups excluding carboxylic acids is 1. The molecular weight excluding hydrogens is 320 g/mol. The number of carboxylic acids is 1. The molecule has 25 heavy (non-hydrogen) atoms. The van der Waals surface area contributed by atoms with Crippen molar-refractivity contribution in [2.45, 2.75) is 25.4 Å². The zero-order valence-corrected chi connectivity index (χ0v) is 13.6.